The first-order valence-corrected chi connectivity index (χ1v) is 9.75. The number of nitrogens with zero attached hydrogens (tertiary/aromatic N) is 1. The fraction of sp³-hybridized carbons (Fsp3) is 0.261. The number of fused-ring (bicyclic) bond motifs is 1. The van der Waals surface area contributed by atoms with Gasteiger partial charge in [0.2, 0.25) is 0 Å². The van der Waals surface area contributed by atoms with Crippen LogP contribution in [-0.2, 0) is 17.8 Å². The SMILES string of the molecule is Cc1cc(CO)c2cccc(Cc3ccccc3C(=O)N[C@@H](CCN)C(=O)O)c2n1. The molecule has 156 valence electrons. The zero-order valence-corrected chi connectivity index (χ0v) is 16.8. The first kappa shape index (κ1) is 21.4. The Morgan fingerprint density at radius 3 is 2.53 bits per heavy atom. The summed E-state index contributed by atoms with van der Waals surface area (Å²) in [5.41, 5.74) is 9.94. The maximum Gasteiger partial charge on any atom is 0.326 e. The Balaban J connectivity index is 1.97. The Bertz CT molecular complexity index is 1080. The van der Waals surface area contributed by atoms with E-state index in [1.165, 1.54) is 0 Å². The number of carbonyl (C=O) groups is 2. The lowest BCUT2D eigenvalue weighted by atomic mass is 9.96. The number of aromatic nitrogens is 1. The largest absolute Gasteiger partial charge is 0.480 e. The number of amides is 1. The maximum absolute atomic E-state index is 12.8. The molecule has 5 N–H and O–H groups in total. The molecular weight excluding hydrogens is 382 g/mol. The minimum absolute atomic E-state index is 0.0833. The van der Waals surface area contributed by atoms with Crippen molar-refractivity contribution >= 4 is 22.8 Å². The zero-order valence-electron chi connectivity index (χ0n) is 16.8. The number of pyridine rings is 1. The Morgan fingerprint density at radius 2 is 1.83 bits per heavy atom. The van der Waals surface area contributed by atoms with Gasteiger partial charge in [0.15, 0.2) is 0 Å². The van der Waals surface area contributed by atoms with Crippen LogP contribution in [0.3, 0.4) is 0 Å². The Labute approximate surface area is 174 Å². The van der Waals surface area contributed by atoms with Crippen molar-refractivity contribution in [2.45, 2.75) is 32.4 Å². The first-order chi connectivity index (χ1) is 14.4. The number of para-hydroxylation sites is 1. The molecule has 3 aromatic rings. The van der Waals surface area contributed by atoms with E-state index in [1.54, 1.807) is 12.1 Å². The normalized spacial score (nSPS) is 12.0. The van der Waals surface area contributed by atoms with Crippen LogP contribution in [0.1, 0.15) is 39.2 Å². The maximum atomic E-state index is 12.8. The summed E-state index contributed by atoms with van der Waals surface area (Å²) in [5.74, 6) is -1.57. The minimum atomic E-state index is -1.11. The van der Waals surface area contributed by atoms with Crippen molar-refractivity contribution in [1.82, 2.24) is 10.3 Å². The van der Waals surface area contributed by atoms with Crippen molar-refractivity contribution in [3.8, 4) is 0 Å². The molecular formula is C23H25N3O4. The quantitative estimate of drug-likeness (QED) is 0.453. The number of aliphatic hydroxyl groups excluding tert-OH is 1. The van der Waals surface area contributed by atoms with Gasteiger partial charge in [-0.2, -0.15) is 0 Å². The second kappa shape index (κ2) is 9.47. The number of carbonyl (C=O) groups excluding carboxylic acids is 1. The smallest absolute Gasteiger partial charge is 0.326 e. The van der Waals surface area contributed by atoms with Crippen LogP contribution in [0, 0.1) is 6.92 Å². The van der Waals surface area contributed by atoms with E-state index in [0.29, 0.717) is 12.0 Å². The molecule has 0 saturated heterocycles. The van der Waals surface area contributed by atoms with Gasteiger partial charge in [0.1, 0.15) is 6.04 Å². The number of aliphatic hydroxyl groups is 1. The van der Waals surface area contributed by atoms with Gasteiger partial charge in [-0.15, -0.1) is 0 Å². The highest BCUT2D eigenvalue weighted by molar-refractivity contribution is 5.98. The molecule has 0 unspecified atom stereocenters. The average molecular weight is 407 g/mol. The molecule has 30 heavy (non-hydrogen) atoms. The third-order valence-corrected chi connectivity index (χ3v) is 5.01. The molecule has 1 heterocycles. The van der Waals surface area contributed by atoms with E-state index in [4.69, 9.17) is 5.73 Å². The highest BCUT2D eigenvalue weighted by Crippen LogP contribution is 2.25. The van der Waals surface area contributed by atoms with Crippen LogP contribution in [0.2, 0.25) is 0 Å². The number of benzene rings is 2. The third kappa shape index (κ3) is 4.64. The van der Waals surface area contributed by atoms with Gasteiger partial charge in [-0.05, 0) is 48.7 Å². The molecule has 1 atom stereocenters. The standard InChI is InChI=1S/C23H25N3O4/c1-14-11-17(13-27)18-8-4-6-16(21(18)25-14)12-15-5-2-3-7-19(15)22(28)26-20(9-10-24)23(29)30/h2-8,11,20,27H,9-10,12-13,24H2,1H3,(H,26,28)(H,29,30)/t20-/m0/s1. The van der Waals surface area contributed by atoms with Crippen molar-refractivity contribution in [1.29, 1.82) is 0 Å². The van der Waals surface area contributed by atoms with E-state index < -0.39 is 17.9 Å². The van der Waals surface area contributed by atoms with Crippen LogP contribution >= 0.6 is 0 Å². The minimum Gasteiger partial charge on any atom is -0.480 e. The van der Waals surface area contributed by atoms with E-state index in [1.807, 2.05) is 43.3 Å². The Morgan fingerprint density at radius 1 is 1.10 bits per heavy atom. The fourth-order valence-corrected chi connectivity index (χ4v) is 3.56. The van der Waals surface area contributed by atoms with Crippen LogP contribution in [0.25, 0.3) is 10.9 Å². The van der Waals surface area contributed by atoms with Crippen molar-refractivity contribution < 1.29 is 19.8 Å². The average Bonchev–Trinajstić information content (AvgIpc) is 2.73. The van der Waals surface area contributed by atoms with Gasteiger partial charge >= 0.3 is 5.97 Å². The summed E-state index contributed by atoms with van der Waals surface area (Å²) in [6.45, 7) is 1.95. The molecule has 0 aliphatic carbocycles. The second-order valence-electron chi connectivity index (χ2n) is 7.17. The molecule has 2 aromatic carbocycles. The van der Waals surface area contributed by atoms with Crippen molar-refractivity contribution in [3.63, 3.8) is 0 Å². The number of aliphatic carboxylic acids is 1. The number of hydrogen-bond acceptors (Lipinski definition) is 5. The number of nitrogens with one attached hydrogen (secondary N) is 1. The van der Waals surface area contributed by atoms with Gasteiger partial charge in [-0.1, -0.05) is 36.4 Å². The van der Waals surface area contributed by atoms with E-state index in [2.05, 4.69) is 10.3 Å². The van der Waals surface area contributed by atoms with Crippen LogP contribution in [-0.4, -0.2) is 39.7 Å². The van der Waals surface area contributed by atoms with Crippen LogP contribution in [0.4, 0.5) is 0 Å². The number of hydrogen-bond donors (Lipinski definition) is 4. The van der Waals surface area contributed by atoms with Crippen LogP contribution < -0.4 is 11.1 Å². The summed E-state index contributed by atoms with van der Waals surface area (Å²) < 4.78 is 0. The molecule has 7 nitrogen and oxygen atoms in total. The van der Waals surface area contributed by atoms with Gasteiger partial charge in [-0.3, -0.25) is 9.78 Å². The van der Waals surface area contributed by atoms with Crippen LogP contribution in [0.15, 0.2) is 48.5 Å². The van der Waals surface area contributed by atoms with E-state index >= 15 is 0 Å². The van der Waals surface area contributed by atoms with E-state index in [-0.39, 0.29) is 19.6 Å². The summed E-state index contributed by atoms with van der Waals surface area (Å²) in [6.07, 6.45) is 0.594. The van der Waals surface area contributed by atoms with Gasteiger partial charge in [0, 0.05) is 23.1 Å². The predicted octanol–water partition coefficient (Wildman–Crippen LogP) is 2.16. The number of carboxylic acid groups (broad SMARTS) is 1. The molecule has 3 rings (SSSR count). The summed E-state index contributed by atoms with van der Waals surface area (Å²) >= 11 is 0. The number of carboxylic acids is 1. The summed E-state index contributed by atoms with van der Waals surface area (Å²) in [5, 5.41) is 22.4. The molecule has 0 fully saturated rings. The molecule has 0 bridgehead atoms. The lowest BCUT2D eigenvalue weighted by Gasteiger charge is -2.16. The summed E-state index contributed by atoms with van der Waals surface area (Å²) in [7, 11) is 0. The molecule has 0 spiro atoms. The van der Waals surface area contributed by atoms with Crippen molar-refractivity contribution in [2.75, 3.05) is 6.54 Å². The van der Waals surface area contributed by atoms with Gasteiger partial charge < -0.3 is 21.3 Å². The first-order valence-electron chi connectivity index (χ1n) is 9.75. The monoisotopic (exact) mass is 407 g/mol. The van der Waals surface area contributed by atoms with Crippen LogP contribution in [0.5, 0.6) is 0 Å². The number of nitrogens with two attached hydrogens (primary N) is 1. The fourth-order valence-electron chi connectivity index (χ4n) is 3.56. The summed E-state index contributed by atoms with van der Waals surface area (Å²) in [4.78, 5) is 28.8. The lowest BCUT2D eigenvalue weighted by molar-refractivity contribution is -0.139. The summed E-state index contributed by atoms with van der Waals surface area (Å²) in [6, 6.07) is 13.7. The van der Waals surface area contributed by atoms with Gasteiger partial charge in [0.25, 0.3) is 5.91 Å². The topological polar surface area (TPSA) is 126 Å². The molecule has 0 aliphatic rings. The van der Waals surface area contributed by atoms with Gasteiger partial charge in [0.05, 0.1) is 12.1 Å². The molecule has 0 radical (unpaired) electrons. The third-order valence-electron chi connectivity index (χ3n) is 5.01. The highest BCUT2D eigenvalue weighted by atomic mass is 16.4. The highest BCUT2D eigenvalue weighted by Gasteiger charge is 2.21. The molecule has 1 amide bonds. The molecule has 1 aromatic heterocycles. The molecule has 0 saturated carbocycles. The van der Waals surface area contributed by atoms with Gasteiger partial charge in [-0.25, -0.2) is 4.79 Å². The van der Waals surface area contributed by atoms with Crippen molar-refractivity contribution in [3.05, 3.63) is 76.5 Å². The van der Waals surface area contributed by atoms with Crippen molar-refractivity contribution in [2.24, 2.45) is 5.73 Å². The number of aryl methyl sites for hydroxylation is 1. The predicted molar refractivity (Wildman–Crippen MR) is 114 cm³/mol. The van der Waals surface area contributed by atoms with E-state index in [9.17, 15) is 19.8 Å². The van der Waals surface area contributed by atoms with E-state index in [0.717, 1.165) is 33.3 Å². The number of rotatable bonds is 8. The Kier molecular flexibility index (Phi) is 6.76. The Hall–Kier alpha value is -3.29. The lowest BCUT2D eigenvalue weighted by Crippen LogP contribution is -2.42. The molecule has 7 heteroatoms. The second-order valence-corrected chi connectivity index (χ2v) is 7.17. The molecule has 0 aliphatic heterocycles. The zero-order chi connectivity index (χ0) is 21.7.